The molecule has 0 unspecified atom stereocenters. The fraction of sp³-hybridized carbons (Fsp3) is 1.00. The molecule has 1 nitrogen and oxygen atoms in total. The van der Waals surface area contributed by atoms with Crippen molar-refractivity contribution in [3.63, 3.8) is 0 Å². The van der Waals surface area contributed by atoms with Crippen LogP contribution >= 0.6 is 0 Å². The van der Waals surface area contributed by atoms with Gasteiger partial charge in [-0.1, -0.05) is 0 Å². The summed E-state index contributed by atoms with van der Waals surface area (Å²) < 4.78 is 5.06. The molecule has 0 radical (unpaired) electrons. The SMILES string of the molecule is CC(C)(C)[O][Zn+].[Cl-]. The molecule has 0 aliphatic heterocycles. The Morgan fingerprint density at radius 2 is 1.43 bits per heavy atom. The van der Waals surface area contributed by atoms with Gasteiger partial charge >= 0.3 is 48.6 Å². The molecule has 0 aromatic rings. The van der Waals surface area contributed by atoms with Gasteiger partial charge in [-0.15, -0.1) is 0 Å². The van der Waals surface area contributed by atoms with E-state index in [4.69, 9.17) is 3.56 Å². The van der Waals surface area contributed by atoms with Gasteiger partial charge in [-0.05, 0) is 0 Å². The summed E-state index contributed by atoms with van der Waals surface area (Å²) in [7, 11) is 0. The van der Waals surface area contributed by atoms with Crippen LogP contribution in [0.2, 0.25) is 0 Å². The van der Waals surface area contributed by atoms with Gasteiger partial charge in [-0.3, -0.25) is 0 Å². The Labute approximate surface area is 61.3 Å². The van der Waals surface area contributed by atoms with Crippen molar-refractivity contribution < 1.29 is 34.6 Å². The summed E-state index contributed by atoms with van der Waals surface area (Å²) in [5.41, 5.74) is 0.0972. The van der Waals surface area contributed by atoms with E-state index in [-0.39, 0.29) is 18.0 Å². The first-order valence-electron chi connectivity index (χ1n) is 1.99. The van der Waals surface area contributed by atoms with Crippen LogP contribution in [0.5, 0.6) is 0 Å². The zero-order valence-corrected chi connectivity index (χ0v) is 8.72. The summed E-state index contributed by atoms with van der Waals surface area (Å²) in [5.74, 6) is 0. The van der Waals surface area contributed by atoms with E-state index in [2.05, 4.69) is 20.8 Å². The van der Waals surface area contributed by atoms with Crippen LogP contribution in [-0.4, -0.2) is 5.60 Å². The van der Waals surface area contributed by atoms with Crippen molar-refractivity contribution in [3.8, 4) is 0 Å². The van der Waals surface area contributed by atoms with Gasteiger partial charge in [0, 0.05) is 0 Å². The third-order valence-electron chi connectivity index (χ3n) is 0.433. The van der Waals surface area contributed by atoms with Gasteiger partial charge in [0.1, 0.15) is 0 Å². The van der Waals surface area contributed by atoms with Crippen molar-refractivity contribution >= 4 is 0 Å². The molecule has 0 saturated heterocycles. The topological polar surface area (TPSA) is 9.23 Å². The van der Waals surface area contributed by atoms with Crippen molar-refractivity contribution in [2.45, 2.75) is 26.4 Å². The Bertz CT molecular complexity index is 41.4. The molecule has 0 aromatic heterocycles. The van der Waals surface area contributed by atoms with Crippen LogP contribution < -0.4 is 12.4 Å². The Morgan fingerprint density at radius 1 is 1.29 bits per heavy atom. The molecule has 0 spiro atoms. The van der Waals surface area contributed by atoms with Gasteiger partial charge in [0.05, 0.1) is 0 Å². The van der Waals surface area contributed by atoms with Crippen LogP contribution in [-0.2, 0) is 22.2 Å². The minimum absolute atomic E-state index is 0. The van der Waals surface area contributed by atoms with Crippen LogP contribution in [0.15, 0.2) is 0 Å². The summed E-state index contributed by atoms with van der Waals surface area (Å²) >= 11 is 0.934. The van der Waals surface area contributed by atoms with Crippen molar-refractivity contribution in [2.75, 3.05) is 0 Å². The Kier molecular flexibility index (Phi) is 5.89. The predicted molar refractivity (Wildman–Crippen MR) is 20.8 cm³/mol. The van der Waals surface area contributed by atoms with E-state index in [1.54, 1.807) is 0 Å². The second kappa shape index (κ2) is 3.82. The standard InChI is InChI=1S/C4H9O.ClH.Zn/c1-4(2,3)5;;/h1-3H3;1H;/q-1;;+2/p-1. The second-order valence-electron chi connectivity index (χ2n) is 2.26. The van der Waals surface area contributed by atoms with Crippen LogP contribution in [0.4, 0.5) is 0 Å². The molecule has 0 saturated carbocycles. The van der Waals surface area contributed by atoms with Crippen LogP contribution in [0, 0.1) is 0 Å². The second-order valence-corrected chi connectivity index (χ2v) is 2.86. The molecule has 0 atom stereocenters. The first-order chi connectivity index (χ1) is 2.56. The zero-order valence-electron chi connectivity index (χ0n) is 4.99. The molecule has 0 aliphatic carbocycles. The summed E-state index contributed by atoms with van der Waals surface area (Å²) in [4.78, 5) is 0. The smallest absolute Gasteiger partial charge is 1.00 e. The summed E-state index contributed by atoms with van der Waals surface area (Å²) in [6.45, 7) is 6.16. The summed E-state index contributed by atoms with van der Waals surface area (Å²) in [6, 6.07) is 0. The van der Waals surface area contributed by atoms with E-state index in [0.29, 0.717) is 0 Å². The molecule has 7 heavy (non-hydrogen) atoms. The molecule has 0 N–H and O–H groups in total. The van der Waals surface area contributed by atoms with E-state index in [1.807, 2.05) is 0 Å². The van der Waals surface area contributed by atoms with Gasteiger partial charge in [0.15, 0.2) is 0 Å². The zero-order chi connectivity index (χ0) is 5.21. The number of halogens is 1. The molecule has 0 aliphatic rings. The molecule has 0 bridgehead atoms. The Morgan fingerprint density at radius 3 is 1.43 bits per heavy atom. The first-order valence-corrected chi connectivity index (χ1v) is 3.20. The van der Waals surface area contributed by atoms with Gasteiger partial charge < -0.3 is 12.4 Å². The number of hydrogen-bond acceptors (Lipinski definition) is 1. The molecule has 40 valence electrons. The molecule has 0 aromatic carbocycles. The minimum atomic E-state index is 0. The molecular formula is C4H9ClOZn. The van der Waals surface area contributed by atoms with Crippen molar-refractivity contribution in [1.82, 2.24) is 0 Å². The van der Waals surface area contributed by atoms with E-state index >= 15 is 0 Å². The maximum Gasteiger partial charge on any atom is -1.00 e. The molecule has 0 heterocycles. The van der Waals surface area contributed by atoms with Crippen molar-refractivity contribution in [1.29, 1.82) is 0 Å². The average Bonchev–Trinajstić information content (AvgIpc) is 1.35. The minimum Gasteiger partial charge on any atom is -1.00 e. The quantitative estimate of drug-likeness (QED) is 0.396. The fourth-order valence-electron chi connectivity index (χ4n) is 0. The molecule has 3 heteroatoms. The third-order valence-corrected chi connectivity index (χ3v) is 2.25. The largest absolute Gasteiger partial charge is 1.00 e. The predicted octanol–water partition coefficient (Wildman–Crippen LogP) is -1.73. The summed E-state index contributed by atoms with van der Waals surface area (Å²) in [6.07, 6.45) is 0. The molecular weight excluding hydrogens is 165 g/mol. The van der Waals surface area contributed by atoms with Crippen molar-refractivity contribution in [2.24, 2.45) is 0 Å². The number of hydrogen-bond donors (Lipinski definition) is 0. The Hall–Kier alpha value is 0.873. The van der Waals surface area contributed by atoms with Gasteiger partial charge in [0.2, 0.25) is 0 Å². The number of rotatable bonds is 0. The first kappa shape index (κ1) is 10.8. The van der Waals surface area contributed by atoms with Gasteiger partial charge in [0.25, 0.3) is 0 Å². The molecule has 0 amide bonds. The van der Waals surface area contributed by atoms with Crippen LogP contribution in [0.25, 0.3) is 0 Å². The molecule has 0 rings (SSSR count). The van der Waals surface area contributed by atoms with Gasteiger partial charge in [-0.2, -0.15) is 0 Å². The van der Waals surface area contributed by atoms with E-state index in [9.17, 15) is 0 Å². The van der Waals surface area contributed by atoms with Crippen LogP contribution in [0.3, 0.4) is 0 Å². The normalized spacial score (nSPS) is 10.4. The maximum atomic E-state index is 5.06. The average molecular weight is 174 g/mol. The maximum absolute atomic E-state index is 5.06. The van der Waals surface area contributed by atoms with Crippen molar-refractivity contribution in [3.05, 3.63) is 0 Å². The molecule has 0 fully saturated rings. The summed E-state index contributed by atoms with van der Waals surface area (Å²) in [5, 5.41) is 0. The van der Waals surface area contributed by atoms with Crippen LogP contribution in [0.1, 0.15) is 20.8 Å². The fourth-order valence-corrected chi connectivity index (χ4v) is 0. The Balaban J connectivity index is 0. The van der Waals surface area contributed by atoms with E-state index in [1.165, 1.54) is 0 Å². The monoisotopic (exact) mass is 172 g/mol. The van der Waals surface area contributed by atoms with Gasteiger partial charge in [-0.25, -0.2) is 0 Å². The van der Waals surface area contributed by atoms with E-state index in [0.717, 1.165) is 18.7 Å². The van der Waals surface area contributed by atoms with E-state index < -0.39 is 0 Å². The third kappa shape index (κ3) is 10.9.